The number of aryl methyl sites for hydroxylation is 1. The van der Waals surface area contributed by atoms with E-state index in [9.17, 15) is 14.4 Å². The Balaban J connectivity index is 1.16. The smallest absolute Gasteiger partial charge is 0.326 e. The first-order valence-electron chi connectivity index (χ1n) is 11.2. The molecule has 2 amide bonds. The minimum absolute atomic E-state index is 0.0514. The van der Waals surface area contributed by atoms with Gasteiger partial charge in [-0.1, -0.05) is 23.9 Å². The van der Waals surface area contributed by atoms with E-state index in [-0.39, 0.29) is 29.3 Å². The first-order valence-corrected chi connectivity index (χ1v) is 12.2. The number of hydrogen-bond donors (Lipinski definition) is 2. The summed E-state index contributed by atoms with van der Waals surface area (Å²) < 4.78 is 3.31. The van der Waals surface area contributed by atoms with Crippen molar-refractivity contribution in [2.45, 2.75) is 24.0 Å². The number of para-hydroxylation sites is 2. The molecule has 5 rings (SSSR count). The van der Waals surface area contributed by atoms with Crippen LogP contribution in [0.3, 0.4) is 0 Å². The molecule has 1 saturated heterocycles. The van der Waals surface area contributed by atoms with Gasteiger partial charge in [0.25, 0.3) is 5.91 Å². The molecule has 0 saturated carbocycles. The number of fused-ring (bicyclic) bond motifs is 1. The van der Waals surface area contributed by atoms with E-state index in [1.807, 2.05) is 33.7 Å². The largest absolute Gasteiger partial charge is 0.338 e. The van der Waals surface area contributed by atoms with E-state index >= 15 is 0 Å². The average Bonchev–Trinajstić information content (AvgIpc) is 3.44. The lowest BCUT2D eigenvalue weighted by Gasteiger charge is -2.32. The Bertz CT molecular complexity index is 1420. The van der Waals surface area contributed by atoms with Crippen LogP contribution >= 0.6 is 11.8 Å². The van der Waals surface area contributed by atoms with Gasteiger partial charge in [0.1, 0.15) is 0 Å². The molecular weight excluding hydrogens is 468 g/mol. The minimum Gasteiger partial charge on any atom is -0.338 e. The van der Waals surface area contributed by atoms with Crippen LogP contribution in [0.1, 0.15) is 29.2 Å². The molecule has 2 aromatic heterocycles. The number of benzene rings is 2. The molecule has 11 nitrogen and oxygen atoms in total. The first kappa shape index (κ1) is 22.8. The summed E-state index contributed by atoms with van der Waals surface area (Å²) in [7, 11) is 1.71. The second-order valence-corrected chi connectivity index (χ2v) is 9.28. The summed E-state index contributed by atoms with van der Waals surface area (Å²) in [6.07, 6.45) is 1.42. The summed E-state index contributed by atoms with van der Waals surface area (Å²) in [6.45, 7) is 1.14. The standard InChI is InChI=1S/C23H24N8O3S/c1-29-23(26-27-28-29)35-14-20(32)24-16-8-6-15(7-9-16)21(33)30-12-10-17(11-13-30)31-19-5-3-2-4-18(19)25-22(31)34/h2-9,17H,10-14H2,1H3,(H,24,32)(H,25,34). The number of piperidine rings is 1. The van der Waals surface area contributed by atoms with Crippen LogP contribution < -0.4 is 11.0 Å². The SMILES string of the molecule is Cn1nnnc1SCC(=O)Nc1ccc(C(=O)N2CCC(n3c(=O)[nH]c4ccccc43)CC2)cc1. The molecule has 1 aliphatic heterocycles. The number of rotatable bonds is 6. The summed E-state index contributed by atoms with van der Waals surface area (Å²) in [4.78, 5) is 42.4. The Morgan fingerprint density at radius 1 is 1.11 bits per heavy atom. The number of aromatic nitrogens is 6. The first-order chi connectivity index (χ1) is 17.0. The molecule has 2 aromatic carbocycles. The van der Waals surface area contributed by atoms with Gasteiger partial charge in [-0.05, 0) is 59.7 Å². The van der Waals surface area contributed by atoms with Gasteiger partial charge in [0.05, 0.1) is 16.8 Å². The summed E-state index contributed by atoms with van der Waals surface area (Å²) in [5, 5.41) is 14.5. The maximum absolute atomic E-state index is 13.0. The number of tetrazole rings is 1. The molecule has 0 spiro atoms. The van der Waals surface area contributed by atoms with Crippen LogP contribution in [0.4, 0.5) is 5.69 Å². The van der Waals surface area contributed by atoms with Crippen LogP contribution in [0.15, 0.2) is 58.5 Å². The van der Waals surface area contributed by atoms with Crippen molar-refractivity contribution in [3.8, 4) is 0 Å². The fraction of sp³-hybridized carbons (Fsp3) is 0.304. The Morgan fingerprint density at radius 2 is 1.86 bits per heavy atom. The molecule has 0 radical (unpaired) electrons. The number of H-pyrrole nitrogens is 1. The monoisotopic (exact) mass is 492 g/mol. The van der Waals surface area contributed by atoms with E-state index < -0.39 is 0 Å². The predicted octanol–water partition coefficient (Wildman–Crippen LogP) is 2.06. The molecule has 2 N–H and O–H groups in total. The number of imidazole rings is 1. The molecule has 1 fully saturated rings. The zero-order valence-corrected chi connectivity index (χ0v) is 19.9. The molecule has 35 heavy (non-hydrogen) atoms. The molecule has 12 heteroatoms. The predicted molar refractivity (Wildman–Crippen MR) is 131 cm³/mol. The second-order valence-electron chi connectivity index (χ2n) is 8.34. The zero-order valence-electron chi connectivity index (χ0n) is 19.0. The number of anilines is 1. The summed E-state index contributed by atoms with van der Waals surface area (Å²) >= 11 is 1.24. The number of likely N-dealkylation sites (tertiary alicyclic amines) is 1. The highest BCUT2D eigenvalue weighted by Crippen LogP contribution is 2.26. The summed E-state index contributed by atoms with van der Waals surface area (Å²) in [5.74, 6) is -0.0757. The maximum Gasteiger partial charge on any atom is 0.326 e. The number of carbonyl (C=O) groups is 2. The zero-order chi connectivity index (χ0) is 24.4. The lowest BCUT2D eigenvalue weighted by Crippen LogP contribution is -2.40. The van der Waals surface area contributed by atoms with E-state index in [0.717, 1.165) is 11.0 Å². The lowest BCUT2D eigenvalue weighted by atomic mass is 10.0. The van der Waals surface area contributed by atoms with E-state index in [0.29, 0.717) is 42.3 Å². The van der Waals surface area contributed by atoms with Crippen LogP contribution in [-0.2, 0) is 11.8 Å². The van der Waals surface area contributed by atoms with Gasteiger partial charge in [-0.2, -0.15) is 0 Å². The van der Waals surface area contributed by atoms with Gasteiger partial charge in [-0.25, -0.2) is 9.48 Å². The van der Waals surface area contributed by atoms with Crippen LogP contribution in [0.2, 0.25) is 0 Å². The highest BCUT2D eigenvalue weighted by molar-refractivity contribution is 7.99. The summed E-state index contributed by atoms with van der Waals surface area (Å²) in [5.41, 5.74) is 2.78. The number of aromatic amines is 1. The van der Waals surface area contributed by atoms with Crippen LogP contribution in [0.25, 0.3) is 11.0 Å². The average molecular weight is 493 g/mol. The van der Waals surface area contributed by atoms with Gasteiger partial charge >= 0.3 is 5.69 Å². The Kier molecular flexibility index (Phi) is 6.36. The van der Waals surface area contributed by atoms with Crippen molar-refractivity contribution in [2.24, 2.45) is 7.05 Å². The van der Waals surface area contributed by atoms with Gasteiger partial charge in [0.2, 0.25) is 11.1 Å². The van der Waals surface area contributed by atoms with Crippen molar-refractivity contribution in [1.29, 1.82) is 0 Å². The maximum atomic E-state index is 13.0. The Hall–Kier alpha value is -3.93. The van der Waals surface area contributed by atoms with E-state index in [2.05, 4.69) is 25.8 Å². The van der Waals surface area contributed by atoms with Crippen molar-refractivity contribution in [3.63, 3.8) is 0 Å². The molecule has 0 aliphatic carbocycles. The molecule has 0 unspecified atom stereocenters. The molecule has 1 aliphatic rings. The van der Waals surface area contributed by atoms with Crippen LogP contribution in [0.5, 0.6) is 0 Å². The van der Waals surface area contributed by atoms with Gasteiger partial charge < -0.3 is 15.2 Å². The lowest BCUT2D eigenvalue weighted by molar-refractivity contribution is -0.113. The number of nitrogens with zero attached hydrogens (tertiary/aromatic N) is 6. The molecular formula is C23H24N8O3S. The van der Waals surface area contributed by atoms with Crippen molar-refractivity contribution in [1.82, 2.24) is 34.7 Å². The number of carbonyl (C=O) groups excluding carboxylic acids is 2. The highest BCUT2D eigenvalue weighted by atomic mass is 32.2. The van der Waals surface area contributed by atoms with Gasteiger partial charge in [0.15, 0.2) is 0 Å². The number of amides is 2. The van der Waals surface area contributed by atoms with E-state index in [1.54, 1.807) is 31.3 Å². The van der Waals surface area contributed by atoms with Crippen molar-refractivity contribution in [2.75, 3.05) is 24.2 Å². The third kappa shape index (κ3) is 4.83. The Morgan fingerprint density at radius 3 is 2.57 bits per heavy atom. The Labute approximate surface area is 204 Å². The topological polar surface area (TPSA) is 131 Å². The van der Waals surface area contributed by atoms with Gasteiger partial charge in [0, 0.05) is 37.4 Å². The molecule has 0 bridgehead atoms. The fourth-order valence-corrected chi connectivity index (χ4v) is 4.96. The molecule has 0 atom stereocenters. The molecule has 3 heterocycles. The fourth-order valence-electron chi connectivity index (χ4n) is 4.31. The van der Waals surface area contributed by atoms with Crippen molar-refractivity contribution >= 4 is 40.3 Å². The van der Waals surface area contributed by atoms with E-state index in [4.69, 9.17) is 0 Å². The number of hydrogen-bond acceptors (Lipinski definition) is 7. The normalized spacial score (nSPS) is 14.4. The van der Waals surface area contributed by atoms with E-state index in [1.165, 1.54) is 16.4 Å². The van der Waals surface area contributed by atoms with Crippen molar-refractivity contribution < 1.29 is 9.59 Å². The molecule has 4 aromatic rings. The van der Waals surface area contributed by atoms with Gasteiger partial charge in [-0.3, -0.25) is 14.2 Å². The molecule has 180 valence electrons. The van der Waals surface area contributed by atoms with Crippen LogP contribution in [-0.4, -0.2) is 65.3 Å². The van der Waals surface area contributed by atoms with Crippen molar-refractivity contribution in [3.05, 3.63) is 64.6 Å². The second kappa shape index (κ2) is 9.74. The van der Waals surface area contributed by atoms with Gasteiger partial charge in [-0.15, -0.1) is 5.10 Å². The summed E-state index contributed by atoms with van der Waals surface area (Å²) in [6, 6.07) is 14.6. The van der Waals surface area contributed by atoms with Crippen LogP contribution in [0, 0.1) is 0 Å². The highest BCUT2D eigenvalue weighted by Gasteiger charge is 2.26. The number of nitrogens with one attached hydrogen (secondary N) is 2. The third-order valence-electron chi connectivity index (χ3n) is 6.07. The third-order valence-corrected chi connectivity index (χ3v) is 7.08. The minimum atomic E-state index is -0.188. The quantitative estimate of drug-likeness (QED) is 0.394. The number of thioether (sulfide) groups is 1.